The molecule has 0 N–H and O–H groups in total. The third-order valence-corrected chi connectivity index (χ3v) is 12.3. The Morgan fingerprint density at radius 3 is 2.41 bits per heavy atom. The molecule has 11 nitrogen and oxygen atoms in total. The number of esters is 2. The van der Waals surface area contributed by atoms with Crippen LogP contribution in [0, 0.1) is 28.1 Å². The lowest BCUT2D eigenvalue weighted by Gasteiger charge is -2.65. The number of epoxide rings is 2. The van der Waals surface area contributed by atoms with Crippen LogP contribution in [0.25, 0.3) is 0 Å². The Hall–Kier alpha value is -1.63. The average Bonchev–Trinajstić information content (AvgIpc) is 3.78. The number of hydrogen-bond donors (Lipinski definition) is 0. The van der Waals surface area contributed by atoms with Gasteiger partial charge in [-0.25, -0.2) is 4.79 Å². The SMILES string of the molecule is CO[C@@H]1O[C@H](OC)[C@]2([C@@H]3OC(=O)[C@H]4O[C@@]45[C@@]3(C)CC[C@@H]3[C@@]46COC(=O)C[C@@H]4OC(C)(C)[C@@H]6CC(=O)[C@]35C)O[C@H]12. The highest BCUT2D eigenvalue weighted by molar-refractivity contribution is 5.93. The minimum absolute atomic E-state index is 0.0609. The second-order valence-electron chi connectivity index (χ2n) is 13.8. The van der Waals surface area contributed by atoms with Crippen molar-refractivity contribution in [2.75, 3.05) is 20.8 Å². The van der Waals surface area contributed by atoms with Gasteiger partial charge in [0.2, 0.25) is 0 Å². The summed E-state index contributed by atoms with van der Waals surface area (Å²) < 4.78 is 48.3. The molecule has 0 unspecified atom stereocenters. The van der Waals surface area contributed by atoms with Crippen LogP contribution in [0.1, 0.15) is 53.4 Å². The van der Waals surface area contributed by atoms with Crippen molar-refractivity contribution >= 4 is 17.7 Å². The normalized spacial score (nSPS) is 59.6. The number of hydrogen-bond acceptors (Lipinski definition) is 11. The van der Waals surface area contributed by atoms with Gasteiger partial charge in [-0.05, 0) is 39.5 Å². The van der Waals surface area contributed by atoms with Crippen LogP contribution in [0.15, 0.2) is 0 Å². The van der Waals surface area contributed by atoms with E-state index >= 15 is 0 Å². The Balaban J connectivity index is 1.27. The van der Waals surface area contributed by atoms with Gasteiger partial charge >= 0.3 is 11.9 Å². The summed E-state index contributed by atoms with van der Waals surface area (Å²) in [7, 11) is 3.06. The molecule has 39 heavy (non-hydrogen) atoms. The van der Waals surface area contributed by atoms with E-state index in [1.54, 1.807) is 0 Å². The molecule has 0 bridgehead atoms. The molecule has 0 radical (unpaired) electrons. The largest absolute Gasteiger partial charge is 0.465 e. The van der Waals surface area contributed by atoms with Gasteiger partial charge < -0.3 is 37.9 Å². The van der Waals surface area contributed by atoms with Gasteiger partial charge in [-0.15, -0.1) is 0 Å². The van der Waals surface area contributed by atoms with Crippen molar-refractivity contribution in [3.05, 3.63) is 0 Å². The zero-order valence-corrected chi connectivity index (χ0v) is 23.1. The predicted octanol–water partition coefficient (Wildman–Crippen LogP) is 1.28. The maximum Gasteiger partial charge on any atom is 0.338 e. The van der Waals surface area contributed by atoms with Crippen molar-refractivity contribution in [3.8, 4) is 0 Å². The van der Waals surface area contributed by atoms with Crippen LogP contribution < -0.4 is 0 Å². The molecule has 2 spiro atoms. The standard InChI is InChI=1S/C28H36O11/c1-23(2)13-9-14(29)25(4)12(26(13)11-34-16(30)10-15(26)37-23)7-8-24(3)21(35-19(31)17-28(24,25)39-17)27-18(38-27)20(32-5)36-22(27)33-6/h12-13,15,17-18,20-22H,7-11H2,1-6H3/t12-,13-,15-,17+,18+,20+,21+,22-,24-,25-,26+,27-,28+/m0/s1. The Kier molecular flexibility index (Phi) is 4.54. The van der Waals surface area contributed by atoms with E-state index in [1.807, 2.05) is 20.8 Å². The molecule has 0 amide bonds. The molecule has 6 heterocycles. The molecule has 8 rings (SSSR count). The molecule has 8 aliphatic rings. The fourth-order valence-electron chi connectivity index (χ4n) is 10.8. The van der Waals surface area contributed by atoms with E-state index in [-0.39, 0.29) is 49.1 Å². The van der Waals surface area contributed by atoms with Gasteiger partial charge in [0.25, 0.3) is 0 Å². The van der Waals surface area contributed by atoms with Gasteiger partial charge in [0.05, 0.1) is 23.5 Å². The van der Waals surface area contributed by atoms with Crippen molar-refractivity contribution in [2.24, 2.45) is 28.1 Å². The molecule has 0 aromatic rings. The smallest absolute Gasteiger partial charge is 0.338 e. The molecule has 2 aliphatic carbocycles. The van der Waals surface area contributed by atoms with Gasteiger partial charge in [0.1, 0.15) is 30.2 Å². The molecule has 0 aromatic heterocycles. The zero-order chi connectivity index (χ0) is 27.5. The van der Waals surface area contributed by atoms with Crippen LogP contribution >= 0.6 is 0 Å². The molecule has 2 saturated carbocycles. The number of methoxy groups -OCH3 is 2. The molecule has 13 atom stereocenters. The number of carbonyl (C=O) groups is 3. The average molecular weight is 549 g/mol. The maximum absolute atomic E-state index is 14.5. The Morgan fingerprint density at radius 2 is 1.69 bits per heavy atom. The highest BCUT2D eigenvalue weighted by atomic mass is 16.8. The lowest BCUT2D eigenvalue weighted by molar-refractivity contribution is -0.269. The van der Waals surface area contributed by atoms with Crippen LogP contribution in [0.2, 0.25) is 0 Å². The summed E-state index contributed by atoms with van der Waals surface area (Å²) in [6, 6.07) is 0. The summed E-state index contributed by atoms with van der Waals surface area (Å²) in [6.07, 6.45) is -2.26. The molecular formula is C28H36O11. The van der Waals surface area contributed by atoms with Crippen LogP contribution in [0.4, 0.5) is 0 Å². The van der Waals surface area contributed by atoms with Gasteiger partial charge in [-0.3, -0.25) is 9.59 Å². The molecule has 6 saturated heterocycles. The van der Waals surface area contributed by atoms with Crippen molar-refractivity contribution in [1.82, 2.24) is 0 Å². The summed E-state index contributed by atoms with van der Waals surface area (Å²) in [5, 5.41) is 0. The number of ketones is 1. The number of carbonyl (C=O) groups excluding carboxylic acids is 3. The summed E-state index contributed by atoms with van der Waals surface area (Å²) in [5.41, 5.74) is -5.12. The van der Waals surface area contributed by atoms with E-state index in [2.05, 4.69) is 6.92 Å². The van der Waals surface area contributed by atoms with E-state index in [4.69, 9.17) is 37.9 Å². The van der Waals surface area contributed by atoms with Gasteiger partial charge in [-0.2, -0.15) is 0 Å². The first-order valence-corrected chi connectivity index (χ1v) is 14.0. The lowest BCUT2D eigenvalue weighted by atomic mass is 9.37. The molecule has 11 heteroatoms. The monoisotopic (exact) mass is 548 g/mol. The number of cyclic esters (lactones) is 2. The van der Waals surface area contributed by atoms with E-state index < -0.39 is 69.9 Å². The van der Waals surface area contributed by atoms with Crippen molar-refractivity contribution in [3.63, 3.8) is 0 Å². The molecular weight excluding hydrogens is 512 g/mol. The van der Waals surface area contributed by atoms with E-state index in [1.165, 1.54) is 14.2 Å². The number of rotatable bonds is 3. The highest BCUT2D eigenvalue weighted by Crippen LogP contribution is 2.80. The minimum Gasteiger partial charge on any atom is -0.465 e. The van der Waals surface area contributed by atoms with Crippen LogP contribution in [-0.4, -0.2) is 92.3 Å². The van der Waals surface area contributed by atoms with Crippen LogP contribution in [-0.2, 0) is 52.3 Å². The second kappa shape index (κ2) is 7.04. The third kappa shape index (κ3) is 2.42. The maximum atomic E-state index is 14.5. The lowest BCUT2D eigenvalue weighted by Crippen LogP contribution is -2.75. The fourth-order valence-corrected chi connectivity index (χ4v) is 10.8. The van der Waals surface area contributed by atoms with Crippen molar-refractivity contribution in [1.29, 1.82) is 0 Å². The van der Waals surface area contributed by atoms with Gasteiger partial charge in [0.15, 0.2) is 24.3 Å². The summed E-state index contributed by atoms with van der Waals surface area (Å²) in [4.78, 5) is 40.5. The zero-order valence-electron chi connectivity index (χ0n) is 23.1. The van der Waals surface area contributed by atoms with E-state index in [0.29, 0.717) is 12.8 Å². The van der Waals surface area contributed by atoms with Gasteiger partial charge in [-0.1, -0.05) is 6.92 Å². The quantitative estimate of drug-likeness (QED) is 0.373. The molecule has 6 aliphatic heterocycles. The van der Waals surface area contributed by atoms with E-state index in [9.17, 15) is 14.4 Å². The summed E-state index contributed by atoms with van der Waals surface area (Å²) in [5.74, 6) is -1.04. The Labute approximate surface area is 226 Å². The number of ether oxygens (including phenoxy) is 8. The second-order valence-corrected chi connectivity index (χ2v) is 13.8. The predicted molar refractivity (Wildman–Crippen MR) is 127 cm³/mol. The summed E-state index contributed by atoms with van der Waals surface area (Å²) >= 11 is 0. The van der Waals surface area contributed by atoms with Crippen LogP contribution in [0.5, 0.6) is 0 Å². The fraction of sp³-hybridized carbons (Fsp3) is 0.893. The number of Topliss-reactive ketones (excluding diaryl/α,β-unsaturated/α-hetero) is 1. The summed E-state index contributed by atoms with van der Waals surface area (Å²) in [6.45, 7) is 8.24. The van der Waals surface area contributed by atoms with E-state index in [0.717, 1.165) is 0 Å². The highest BCUT2D eigenvalue weighted by Gasteiger charge is 2.93. The topological polar surface area (TPSA) is 132 Å². The molecule has 0 aromatic carbocycles. The minimum atomic E-state index is -1.10. The molecule has 8 fully saturated rings. The van der Waals surface area contributed by atoms with Crippen molar-refractivity contribution < 1.29 is 52.3 Å². The first kappa shape index (κ1) is 25.1. The first-order chi connectivity index (χ1) is 18.4. The molecule has 214 valence electrons. The first-order valence-electron chi connectivity index (χ1n) is 14.0. The van der Waals surface area contributed by atoms with Gasteiger partial charge in [0, 0.05) is 37.4 Å². The number of fused-ring (bicyclic) bond motifs is 2. The third-order valence-electron chi connectivity index (χ3n) is 12.3. The Bertz CT molecular complexity index is 1200. The van der Waals surface area contributed by atoms with Crippen LogP contribution in [0.3, 0.4) is 0 Å². The van der Waals surface area contributed by atoms with Crippen molar-refractivity contribution in [2.45, 2.75) is 107 Å². The Morgan fingerprint density at radius 1 is 0.923 bits per heavy atom.